The van der Waals surface area contributed by atoms with Gasteiger partial charge in [0.05, 0.1) is 37.0 Å². The molecule has 0 fully saturated rings. The molecule has 2 aromatic carbocycles. The van der Waals surface area contributed by atoms with E-state index in [0.717, 1.165) is 25.3 Å². The van der Waals surface area contributed by atoms with Gasteiger partial charge in [0, 0.05) is 17.0 Å². The standard InChI is InChI=1S/C33H35F9O8/c1-5-6-7-8-20-9-12-23(26(17-20)48-32(38,39)40)24-18-21-10-11-22(19-25(21)47-27(24)43)45-15-13-30(34,35)49-33(41,42)50-31(36,37)14-16-46-28(44)29(2,3)4/h9-12,17-19H,5-8,13-16H2,1-4H3. The molecule has 0 spiro atoms. The number of alkyl halides is 9. The number of unbranched alkanes of at least 4 members (excludes halogenated alkanes) is 2. The fraction of sp³-hybridized carbons (Fsp3) is 0.515. The molecule has 0 aliphatic heterocycles. The summed E-state index contributed by atoms with van der Waals surface area (Å²) in [6.45, 7) is 4.17. The van der Waals surface area contributed by atoms with E-state index in [2.05, 4.69) is 18.9 Å². The van der Waals surface area contributed by atoms with Gasteiger partial charge >= 0.3 is 36.5 Å². The van der Waals surface area contributed by atoms with Gasteiger partial charge in [-0.1, -0.05) is 31.9 Å². The van der Waals surface area contributed by atoms with Crippen molar-refractivity contribution in [2.45, 2.75) is 91.1 Å². The first-order valence-electron chi connectivity index (χ1n) is 15.3. The Morgan fingerprint density at radius 3 is 2.02 bits per heavy atom. The molecule has 17 heteroatoms. The zero-order valence-corrected chi connectivity index (χ0v) is 27.4. The van der Waals surface area contributed by atoms with Crippen molar-refractivity contribution in [3.63, 3.8) is 0 Å². The highest BCUT2D eigenvalue weighted by molar-refractivity contribution is 5.84. The molecule has 3 aromatic rings. The Kier molecular flexibility index (Phi) is 12.9. The summed E-state index contributed by atoms with van der Waals surface area (Å²) in [5.74, 6) is -1.71. The average molecular weight is 731 g/mol. The van der Waals surface area contributed by atoms with Crippen molar-refractivity contribution in [1.82, 2.24) is 0 Å². The Morgan fingerprint density at radius 2 is 1.42 bits per heavy atom. The number of ether oxygens (including phenoxy) is 5. The molecular weight excluding hydrogens is 695 g/mol. The summed E-state index contributed by atoms with van der Waals surface area (Å²) >= 11 is 0. The van der Waals surface area contributed by atoms with E-state index in [1.54, 1.807) is 6.07 Å². The second-order valence-electron chi connectivity index (χ2n) is 12.2. The zero-order chi connectivity index (χ0) is 37.5. The number of benzene rings is 2. The predicted octanol–water partition coefficient (Wildman–Crippen LogP) is 9.61. The second-order valence-corrected chi connectivity index (χ2v) is 12.2. The van der Waals surface area contributed by atoms with Crippen LogP contribution in [0.25, 0.3) is 22.1 Å². The first kappa shape index (κ1) is 40.4. The third-order valence-electron chi connectivity index (χ3n) is 6.78. The molecule has 0 saturated heterocycles. The van der Waals surface area contributed by atoms with Crippen molar-refractivity contribution in [1.29, 1.82) is 0 Å². The Morgan fingerprint density at radius 1 is 0.780 bits per heavy atom. The van der Waals surface area contributed by atoms with Gasteiger partial charge in [0.25, 0.3) is 0 Å². The Hall–Kier alpha value is -3.99. The van der Waals surface area contributed by atoms with Gasteiger partial charge in [0.15, 0.2) is 0 Å². The highest BCUT2D eigenvalue weighted by Gasteiger charge is 2.52. The van der Waals surface area contributed by atoms with Crippen LogP contribution in [0.3, 0.4) is 0 Å². The lowest BCUT2D eigenvalue weighted by Crippen LogP contribution is -2.41. The van der Waals surface area contributed by atoms with Crippen LogP contribution < -0.4 is 15.1 Å². The summed E-state index contributed by atoms with van der Waals surface area (Å²) in [6.07, 6.45) is -20.1. The normalized spacial score (nSPS) is 13.1. The number of esters is 1. The lowest BCUT2D eigenvalue weighted by Gasteiger charge is -2.26. The van der Waals surface area contributed by atoms with Gasteiger partial charge in [0.2, 0.25) is 0 Å². The maximum Gasteiger partial charge on any atom is 0.573 e. The number of hydrogen-bond acceptors (Lipinski definition) is 8. The van der Waals surface area contributed by atoms with Crippen LogP contribution in [0.4, 0.5) is 39.5 Å². The minimum Gasteiger partial charge on any atom is -0.493 e. The van der Waals surface area contributed by atoms with Gasteiger partial charge in [-0.2, -0.15) is 17.6 Å². The third-order valence-corrected chi connectivity index (χ3v) is 6.78. The molecule has 1 aromatic heterocycles. The monoisotopic (exact) mass is 730 g/mol. The third kappa shape index (κ3) is 12.7. The lowest BCUT2D eigenvalue weighted by molar-refractivity contribution is -0.514. The van der Waals surface area contributed by atoms with Crippen LogP contribution in [0.2, 0.25) is 0 Å². The average Bonchev–Trinajstić information content (AvgIpc) is 2.94. The van der Waals surface area contributed by atoms with Crippen molar-refractivity contribution in [2.75, 3.05) is 13.2 Å². The maximum atomic E-state index is 14.1. The SMILES string of the molecule is CCCCCc1ccc(-c2cc3ccc(OCCC(F)(F)OC(F)(F)OC(F)(F)CCOC(=O)C(C)(C)C)cc3oc2=O)c(OC(F)(F)F)c1. The number of rotatable bonds is 17. The molecule has 3 rings (SSSR count). The summed E-state index contributed by atoms with van der Waals surface area (Å²) in [5, 5.41) is 0.191. The smallest absolute Gasteiger partial charge is 0.493 e. The summed E-state index contributed by atoms with van der Waals surface area (Å²) in [4.78, 5) is 24.5. The second kappa shape index (κ2) is 15.9. The molecule has 0 unspecified atom stereocenters. The lowest BCUT2D eigenvalue weighted by atomic mass is 9.97. The number of halogens is 9. The van der Waals surface area contributed by atoms with E-state index in [4.69, 9.17) is 9.15 Å². The van der Waals surface area contributed by atoms with E-state index in [1.807, 2.05) is 6.92 Å². The number of fused-ring (bicyclic) bond motifs is 1. The van der Waals surface area contributed by atoms with Gasteiger partial charge in [0.1, 0.15) is 17.1 Å². The van der Waals surface area contributed by atoms with Crippen molar-refractivity contribution in [3.8, 4) is 22.6 Å². The van der Waals surface area contributed by atoms with E-state index in [-0.39, 0.29) is 27.8 Å². The molecule has 0 N–H and O–H groups in total. The molecule has 0 aliphatic rings. The highest BCUT2D eigenvalue weighted by atomic mass is 19.4. The van der Waals surface area contributed by atoms with Crippen LogP contribution in [-0.4, -0.2) is 44.1 Å². The molecule has 0 atom stereocenters. The fourth-order valence-corrected chi connectivity index (χ4v) is 4.34. The van der Waals surface area contributed by atoms with Crippen LogP contribution in [0.5, 0.6) is 11.5 Å². The van der Waals surface area contributed by atoms with Crippen molar-refractivity contribution in [3.05, 3.63) is 58.4 Å². The number of aryl methyl sites for hydroxylation is 1. The van der Waals surface area contributed by atoms with Crippen LogP contribution in [-0.2, 0) is 25.4 Å². The topological polar surface area (TPSA) is 93.4 Å². The van der Waals surface area contributed by atoms with Gasteiger partial charge < -0.3 is 18.6 Å². The van der Waals surface area contributed by atoms with E-state index >= 15 is 0 Å². The van der Waals surface area contributed by atoms with E-state index in [0.29, 0.717) is 12.0 Å². The van der Waals surface area contributed by atoms with Gasteiger partial charge in [-0.05, 0) is 63.4 Å². The molecule has 8 nitrogen and oxygen atoms in total. The first-order valence-corrected chi connectivity index (χ1v) is 15.3. The van der Waals surface area contributed by atoms with E-state index < -0.39 is 73.7 Å². The van der Waals surface area contributed by atoms with Crippen LogP contribution in [0.15, 0.2) is 51.7 Å². The van der Waals surface area contributed by atoms with E-state index in [1.165, 1.54) is 51.1 Å². The fourth-order valence-electron chi connectivity index (χ4n) is 4.34. The van der Waals surface area contributed by atoms with Gasteiger partial charge in [-0.15, -0.1) is 22.0 Å². The zero-order valence-electron chi connectivity index (χ0n) is 27.4. The molecule has 0 aliphatic carbocycles. The highest BCUT2D eigenvalue weighted by Crippen LogP contribution is 2.37. The maximum absolute atomic E-state index is 14.1. The minimum atomic E-state index is -5.47. The molecular formula is C33H35F9O8. The van der Waals surface area contributed by atoms with Gasteiger partial charge in [-0.3, -0.25) is 4.79 Å². The largest absolute Gasteiger partial charge is 0.573 e. The van der Waals surface area contributed by atoms with Crippen LogP contribution in [0, 0.1) is 5.41 Å². The first-order chi connectivity index (χ1) is 23.0. The molecule has 0 amide bonds. The number of hydrogen-bond donors (Lipinski definition) is 0. The number of carbonyl (C=O) groups is 1. The molecule has 0 saturated carbocycles. The summed E-state index contributed by atoms with van der Waals surface area (Å²) in [7, 11) is 0. The Labute approximate surface area is 280 Å². The van der Waals surface area contributed by atoms with Crippen LogP contribution >= 0.6 is 0 Å². The quantitative estimate of drug-likeness (QED) is 0.0446. The van der Waals surface area contributed by atoms with Crippen molar-refractivity contribution in [2.24, 2.45) is 5.41 Å². The molecule has 278 valence electrons. The molecule has 50 heavy (non-hydrogen) atoms. The summed E-state index contributed by atoms with van der Waals surface area (Å²) < 4.78 is 149. The predicted molar refractivity (Wildman–Crippen MR) is 160 cm³/mol. The van der Waals surface area contributed by atoms with Crippen molar-refractivity contribution >= 4 is 16.9 Å². The summed E-state index contributed by atoms with van der Waals surface area (Å²) in [5.41, 5.74) is -2.19. The Bertz CT molecular complexity index is 1660. The molecule has 0 bridgehead atoms. The number of carbonyl (C=O) groups excluding carboxylic acids is 1. The van der Waals surface area contributed by atoms with E-state index in [9.17, 15) is 49.1 Å². The van der Waals surface area contributed by atoms with Crippen molar-refractivity contribution < 1.29 is 72.4 Å². The van der Waals surface area contributed by atoms with Crippen LogP contribution in [0.1, 0.15) is 65.4 Å². The molecule has 0 radical (unpaired) electrons. The Balaban J connectivity index is 1.66. The summed E-state index contributed by atoms with van der Waals surface area (Å²) in [6, 6.07) is 8.87. The van der Waals surface area contributed by atoms with Gasteiger partial charge in [-0.25, -0.2) is 14.3 Å². The molecule has 1 heterocycles. The minimum absolute atomic E-state index is 0.163.